The molecular weight excluding hydrogens is 444 g/mol. The van der Waals surface area contributed by atoms with Crippen molar-refractivity contribution in [2.24, 2.45) is 46.8 Å². The number of nitrogens with zero attached hydrogens (tertiary/aromatic N) is 2. The Hall–Kier alpha value is -1.31. The van der Waals surface area contributed by atoms with Gasteiger partial charge in [0.15, 0.2) is 0 Å². The number of aliphatic hydroxyl groups is 1. The lowest BCUT2D eigenvalue weighted by molar-refractivity contribution is -0.116. The molecule has 1 aromatic rings. The second-order valence-electron chi connectivity index (χ2n) is 12.7. The smallest absolute Gasteiger partial charge is 0.0848 e. The van der Waals surface area contributed by atoms with Gasteiger partial charge in [0.1, 0.15) is 0 Å². The van der Waals surface area contributed by atoms with Gasteiger partial charge in [0.2, 0.25) is 0 Å². The van der Waals surface area contributed by atoms with E-state index < -0.39 is 5.60 Å². The third kappa shape index (κ3) is 5.30. The van der Waals surface area contributed by atoms with Crippen molar-refractivity contribution in [1.82, 2.24) is 9.78 Å². The molecule has 0 bridgehead atoms. The van der Waals surface area contributed by atoms with Crippen molar-refractivity contribution in [3.63, 3.8) is 0 Å². The van der Waals surface area contributed by atoms with Crippen LogP contribution in [0.3, 0.4) is 0 Å². The average Bonchev–Trinajstić information content (AvgIpc) is 3.47. The molecule has 4 nitrogen and oxygen atoms in total. The number of fused-ring (bicyclic) bond motifs is 5. The van der Waals surface area contributed by atoms with E-state index in [1.165, 1.54) is 51.4 Å². The molecule has 1 aromatic heterocycles. The van der Waals surface area contributed by atoms with Gasteiger partial charge in [-0.2, -0.15) is 5.10 Å². The summed E-state index contributed by atoms with van der Waals surface area (Å²) in [5.41, 5.74) is 0.460. The first-order valence-electron chi connectivity index (χ1n) is 15.1. The van der Waals surface area contributed by atoms with E-state index in [2.05, 4.69) is 37.7 Å². The van der Waals surface area contributed by atoms with Crippen molar-refractivity contribution in [3.8, 4) is 11.8 Å². The van der Waals surface area contributed by atoms with Gasteiger partial charge in [-0.1, -0.05) is 39.5 Å². The SMILES string of the molecule is CC.CCC#Cc1cnn(C[C@](C)(O)C2CCC3C4CCC5CC(COC)CCC5C4CCC32C)c1. The summed E-state index contributed by atoms with van der Waals surface area (Å²) in [5, 5.41) is 16.3. The third-order valence-corrected chi connectivity index (χ3v) is 10.7. The largest absolute Gasteiger partial charge is 0.388 e. The topological polar surface area (TPSA) is 47.3 Å². The van der Waals surface area contributed by atoms with Crippen LogP contribution in [-0.4, -0.2) is 34.2 Å². The van der Waals surface area contributed by atoms with E-state index in [-0.39, 0.29) is 5.41 Å². The Morgan fingerprint density at radius 3 is 2.64 bits per heavy atom. The molecular formula is C32H52N2O2. The average molecular weight is 497 g/mol. The zero-order chi connectivity index (χ0) is 25.9. The van der Waals surface area contributed by atoms with Crippen LogP contribution in [0.4, 0.5) is 0 Å². The van der Waals surface area contributed by atoms with Crippen LogP contribution in [0.1, 0.15) is 104 Å². The molecule has 0 spiro atoms. The summed E-state index contributed by atoms with van der Waals surface area (Å²) in [6.07, 6.45) is 16.8. The lowest BCUT2D eigenvalue weighted by Crippen LogP contribution is -2.52. The first-order valence-corrected chi connectivity index (χ1v) is 15.1. The molecule has 4 aliphatic rings. The quantitative estimate of drug-likeness (QED) is 0.449. The summed E-state index contributed by atoms with van der Waals surface area (Å²) in [7, 11) is 1.86. The molecule has 202 valence electrons. The Balaban J connectivity index is 0.00000148. The second-order valence-corrected chi connectivity index (χ2v) is 12.7. The number of aromatic nitrogens is 2. The first-order chi connectivity index (χ1) is 17.4. The van der Waals surface area contributed by atoms with Crippen molar-refractivity contribution in [1.29, 1.82) is 0 Å². The lowest BCUT2D eigenvalue weighted by atomic mass is 9.48. The van der Waals surface area contributed by atoms with Crippen molar-refractivity contribution < 1.29 is 9.84 Å². The van der Waals surface area contributed by atoms with Gasteiger partial charge in [0, 0.05) is 26.3 Å². The van der Waals surface area contributed by atoms with Crippen LogP contribution >= 0.6 is 0 Å². The van der Waals surface area contributed by atoms with Crippen LogP contribution in [0, 0.1) is 58.7 Å². The van der Waals surface area contributed by atoms with Crippen LogP contribution in [0.5, 0.6) is 0 Å². The zero-order valence-corrected chi connectivity index (χ0v) is 23.9. The monoisotopic (exact) mass is 496 g/mol. The fraction of sp³-hybridized carbons (Fsp3) is 0.844. The zero-order valence-electron chi connectivity index (χ0n) is 23.9. The van der Waals surface area contributed by atoms with Gasteiger partial charge in [-0.15, -0.1) is 0 Å². The van der Waals surface area contributed by atoms with E-state index in [0.717, 1.165) is 60.5 Å². The molecule has 5 rings (SSSR count). The van der Waals surface area contributed by atoms with Crippen LogP contribution in [0.15, 0.2) is 12.4 Å². The summed E-state index contributed by atoms with van der Waals surface area (Å²) < 4.78 is 7.43. The predicted molar refractivity (Wildman–Crippen MR) is 147 cm³/mol. The minimum absolute atomic E-state index is 0.253. The minimum Gasteiger partial charge on any atom is -0.388 e. The van der Waals surface area contributed by atoms with E-state index in [1.807, 2.05) is 38.0 Å². The van der Waals surface area contributed by atoms with Crippen molar-refractivity contribution in [2.45, 2.75) is 111 Å². The Kier molecular flexibility index (Phi) is 8.94. The van der Waals surface area contributed by atoms with Crippen molar-refractivity contribution >= 4 is 0 Å². The highest BCUT2D eigenvalue weighted by molar-refractivity contribution is 5.29. The maximum atomic E-state index is 11.8. The number of ether oxygens (including phenoxy) is 1. The number of hydrogen-bond donors (Lipinski definition) is 1. The van der Waals surface area contributed by atoms with Gasteiger partial charge in [-0.3, -0.25) is 4.68 Å². The van der Waals surface area contributed by atoms with Crippen LogP contribution in [-0.2, 0) is 11.3 Å². The fourth-order valence-electron chi connectivity index (χ4n) is 9.50. The van der Waals surface area contributed by atoms with E-state index in [9.17, 15) is 5.11 Å². The third-order valence-electron chi connectivity index (χ3n) is 10.7. The molecule has 1 heterocycles. The summed E-state index contributed by atoms with van der Waals surface area (Å²) in [5.74, 6) is 11.9. The highest BCUT2D eigenvalue weighted by Crippen LogP contribution is 2.66. The standard InChI is InChI=1S/C30H46N2O2.C2H6/c1-5-6-7-22-17-31-32(18-22)20-30(3,33)28-13-12-27-26-11-9-23-16-21(19-34-4)8-10-24(23)25(26)14-15-29(27,28)2;1-2/h17-18,21,23-28,33H,5,8-16,19-20H2,1-4H3;1-2H3/t21?,23?,24?,25?,26?,27?,28?,29?,30-;/m0./s1. The summed E-state index contributed by atoms with van der Waals surface area (Å²) in [6, 6.07) is 0. The molecule has 36 heavy (non-hydrogen) atoms. The maximum Gasteiger partial charge on any atom is 0.0848 e. The Bertz CT molecular complexity index is 911. The molecule has 0 amide bonds. The molecule has 9 atom stereocenters. The van der Waals surface area contributed by atoms with Crippen LogP contribution in [0.2, 0.25) is 0 Å². The number of rotatable bonds is 5. The van der Waals surface area contributed by atoms with Gasteiger partial charge >= 0.3 is 0 Å². The molecule has 8 unspecified atom stereocenters. The minimum atomic E-state index is -0.743. The second kappa shape index (κ2) is 11.6. The Labute approximate surface area is 221 Å². The first kappa shape index (κ1) is 27.7. The van der Waals surface area contributed by atoms with Crippen molar-refractivity contribution in [3.05, 3.63) is 18.0 Å². The molecule has 4 saturated carbocycles. The summed E-state index contributed by atoms with van der Waals surface area (Å²) in [6.45, 7) is 12.2. The molecule has 1 N–H and O–H groups in total. The fourth-order valence-corrected chi connectivity index (χ4v) is 9.50. The summed E-state index contributed by atoms with van der Waals surface area (Å²) in [4.78, 5) is 0. The maximum absolute atomic E-state index is 11.8. The van der Waals surface area contributed by atoms with Gasteiger partial charge < -0.3 is 9.84 Å². The Morgan fingerprint density at radius 2 is 1.89 bits per heavy atom. The van der Waals surface area contributed by atoms with Gasteiger partial charge in [0.05, 0.1) is 23.9 Å². The molecule has 4 heteroatoms. The highest BCUT2D eigenvalue weighted by Gasteiger charge is 2.60. The summed E-state index contributed by atoms with van der Waals surface area (Å²) >= 11 is 0. The van der Waals surface area contributed by atoms with E-state index in [4.69, 9.17) is 4.74 Å². The highest BCUT2D eigenvalue weighted by atomic mass is 16.5. The van der Waals surface area contributed by atoms with Gasteiger partial charge in [-0.25, -0.2) is 0 Å². The van der Waals surface area contributed by atoms with Crippen molar-refractivity contribution in [2.75, 3.05) is 13.7 Å². The number of hydrogen-bond acceptors (Lipinski definition) is 3. The molecule has 0 aliphatic heterocycles. The van der Waals surface area contributed by atoms with E-state index >= 15 is 0 Å². The lowest BCUT2D eigenvalue weighted by Gasteiger charge is -2.57. The molecule has 4 fully saturated rings. The van der Waals surface area contributed by atoms with E-state index in [0.29, 0.717) is 12.5 Å². The van der Waals surface area contributed by atoms with E-state index in [1.54, 1.807) is 0 Å². The Morgan fingerprint density at radius 1 is 1.11 bits per heavy atom. The number of methoxy groups -OCH3 is 1. The molecule has 4 aliphatic carbocycles. The van der Waals surface area contributed by atoms with Crippen LogP contribution in [0.25, 0.3) is 0 Å². The normalized spacial score (nSPS) is 38.8. The van der Waals surface area contributed by atoms with Crippen LogP contribution < -0.4 is 0 Å². The van der Waals surface area contributed by atoms with Gasteiger partial charge in [0.25, 0.3) is 0 Å². The predicted octanol–water partition coefficient (Wildman–Crippen LogP) is 6.95. The molecule has 0 saturated heterocycles. The molecule has 0 radical (unpaired) electrons. The molecule has 0 aromatic carbocycles. The van der Waals surface area contributed by atoms with Gasteiger partial charge in [-0.05, 0) is 112 Å².